The summed E-state index contributed by atoms with van der Waals surface area (Å²) in [4.78, 5) is 3.85. The fourth-order valence-corrected chi connectivity index (χ4v) is 2.78. The van der Waals surface area contributed by atoms with E-state index in [9.17, 15) is 8.42 Å². The van der Waals surface area contributed by atoms with Crippen molar-refractivity contribution in [1.82, 2.24) is 9.29 Å². The molecule has 0 unspecified atom stereocenters. The molecule has 0 radical (unpaired) electrons. The lowest BCUT2D eigenvalue weighted by atomic mass is 10.3. The zero-order chi connectivity index (χ0) is 13.6. The van der Waals surface area contributed by atoms with Gasteiger partial charge in [0, 0.05) is 12.7 Å². The third-order valence-electron chi connectivity index (χ3n) is 2.33. The first kappa shape index (κ1) is 14.6. The Morgan fingerprint density at radius 1 is 1.50 bits per heavy atom. The largest absolute Gasteiger partial charge is 0.392 e. The van der Waals surface area contributed by atoms with E-state index < -0.39 is 10.0 Å². The monoisotopic (exact) mass is 268 g/mol. The van der Waals surface area contributed by atoms with Crippen molar-refractivity contribution in [2.45, 2.75) is 25.0 Å². The molecule has 0 aliphatic rings. The maximum Gasteiger partial charge on any atom is 0.261 e. The Labute approximate surface area is 108 Å². The summed E-state index contributed by atoms with van der Waals surface area (Å²) in [6.45, 7) is 2.09. The summed E-state index contributed by atoms with van der Waals surface area (Å²) in [5.41, 5.74) is 0.563. The normalized spacial score (nSPS) is 11.4. The Kier molecular flexibility index (Phi) is 5.28. The van der Waals surface area contributed by atoms with Crippen LogP contribution in [0.4, 0.5) is 0 Å². The second-order valence-electron chi connectivity index (χ2n) is 3.71. The van der Waals surface area contributed by atoms with Gasteiger partial charge in [-0.1, -0.05) is 18.9 Å². The van der Waals surface area contributed by atoms with E-state index in [1.807, 2.05) is 6.92 Å². The van der Waals surface area contributed by atoms with Gasteiger partial charge in [-0.2, -0.15) is 4.31 Å². The zero-order valence-electron chi connectivity index (χ0n) is 10.2. The molecule has 0 aromatic carbocycles. The van der Waals surface area contributed by atoms with Gasteiger partial charge in [-0.15, -0.1) is 6.42 Å². The minimum Gasteiger partial charge on any atom is -0.392 e. The van der Waals surface area contributed by atoms with Gasteiger partial charge in [0.2, 0.25) is 0 Å². The topological polar surface area (TPSA) is 70.5 Å². The van der Waals surface area contributed by atoms with E-state index in [-0.39, 0.29) is 18.2 Å². The van der Waals surface area contributed by atoms with Crippen LogP contribution in [0, 0.1) is 12.3 Å². The molecule has 0 saturated carbocycles. The van der Waals surface area contributed by atoms with Crippen molar-refractivity contribution in [2.24, 2.45) is 0 Å². The SMILES string of the molecule is C#CCN(CCC)S(=O)(=O)c1ccc(CO)cn1. The maximum absolute atomic E-state index is 12.2. The molecule has 18 heavy (non-hydrogen) atoms. The minimum atomic E-state index is -3.65. The number of aromatic nitrogens is 1. The standard InChI is InChI=1S/C12H16N2O3S/c1-3-7-14(8-4-2)18(16,17)12-6-5-11(10-15)9-13-12/h1,5-6,9,15H,4,7-8,10H2,2H3. The Hall–Kier alpha value is -1.42. The lowest BCUT2D eigenvalue weighted by Crippen LogP contribution is -2.32. The van der Waals surface area contributed by atoms with Gasteiger partial charge in [0.05, 0.1) is 13.2 Å². The Morgan fingerprint density at radius 2 is 2.22 bits per heavy atom. The fraction of sp³-hybridized carbons (Fsp3) is 0.417. The third kappa shape index (κ3) is 3.29. The molecule has 98 valence electrons. The highest BCUT2D eigenvalue weighted by atomic mass is 32.2. The molecule has 1 aromatic rings. The molecule has 0 amide bonds. The highest BCUT2D eigenvalue weighted by Crippen LogP contribution is 2.13. The van der Waals surface area contributed by atoms with Crippen molar-refractivity contribution in [2.75, 3.05) is 13.1 Å². The number of aliphatic hydroxyl groups is 1. The second kappa shape index (κ2) is 6.50. The van der Waals surface area contributed by atoms with Gasteiger partial charge in [-0.05, 0) is 18.1 Å². The first-order valence-corrected chi connectivity index (χ1v) is 6.99. The van der Waals surface area contributed by atoms with E-state index in [0.29, 0.717) is 18.5 Å². The van der Waals surface area contributed by atoms with Crippen LogP contribution in [-0.4, -0.2) is 35.9 Å². The van der Waals surface area contributed by atoms with E-state index in [1.165, 1.54) is 22.6 Å². The molecule has 5 nitrogen and oxygen atoms in total. The zero-order valence-corrected chi connectivity index (χ0v) is 11.0. The molecule has 0 fully saturated rings. The van der Waals surface area contributed by atoms with Crippen molar-refractivity contribution < 1.29 is 13.5 Å². The Morgan fingerprint density at radius 3 is 2.67 bits per heavy atom. The molecule has 1 rings (SSSR count). The van der Waals surface area contributed by atoms with Crippen LogP contribution in [0.2, 0.25) is 0 Å². The van der Waals surface area contributed by atoms with E-state index in [4.69, 9.17) is 11.5 Å². The Balaban J connectivity index is 3.06. The van der Waals surface area contributed by atoms with Gasteiger partial charge in [-0.3, -0.25) is 0 Å². The van der Waals surface area contributed by atoms with Gasteiger partial charge >= 0.3 is 0 Å². The summed E-state index contributed by atoms with van der Waals surface area (Å²) in [6, 6.07) is 2.90. The average molecular weight is 268 g/mol. The van der Waals surface area contributed by atoms with Crippen LogP contribution < -0.4 is 0 Å². The van der Waals surface area contributed by atoms with Gasteiger partial charge in [0.1, 0.15) is 0 Å². The minimum absolute atomic E-state index is 0.0274. The summed E-state index contributed by atoms with van der Waals surface area (Å²) >= 11 is 0. The quantitative estimate of drug-likeness (QED) is 0.767. The van der Waals surface area contributed by atoms with Crippen LogP contribution in [-0.2, 0) is 16.6 Å². The van der Waals surface area contributed by atoms with Gasteiger partial charge in [0.25, 0.3) is 10.0 Å². The highest BCUT2D eigenvalue weighted by Gasteiger charge is 2.24. The average Bonchev–Trinajstić information content (AvgIpc) is 2.38. The first-order valence-electron chi connectivity index (χ1n) is 5.55. The van der Waals surface area contributed by atoms with Crippen molar-refractivity contribution >= 4 is 10.0 Å². The molecule has 0 atom stereocenters. The summed E-state index contributed by atoms with van der Waals surface area (Å²) < 4.78 is 25.7. The highest BCUT2D eigenvalue weighted by molar-refractivity contribution is 7.89. The Bertz CT molecular complexity index is 517. The van der Waals surface area contributed by atoms with Crippen molar-refractivity contribution in [1.29, 1.82) is 0 Å². The summed E-state index contributed by atoms with van der Waals surface area (Å²) in [7, 11) is -3.65. The maximum atomic E-state index is 12.2. The number of hydrogen-bond donors (Lipinski definition) is 1. The molecular weight excluding hydrogens is 252 g/mol. The van der Waals surface area contributed by atoms with E-state index >= 15 is 0 Å². The predicted molar refractivity (Wildman–Crippen MR) is 68.0 cm³/mol. The number of nitrogens with zero attached hydrogens (tertiary/aromatic N) is 2. The fourth-order valence-electron chi connectivity index (χ4n) is 1.42. The summed E-state index contributed by atoms with van der Waals surface area (Å²) in [6.07, 6.45) is 7.19. The first-order chi connectivity index (χ1) is 8.56. The third-order valence-corrected chi connectivity index (χ3v) is 4.09. The van der Waals surface area contributed by atoms with Crippen LogP contribution in [0.15, 0.2) is 23.4 Å². The molecule has 0 spiro atoms. The smallest absolute Gasteiger partial charge is 0.261 e. The molecule has 0 saturated heterocycles. The van der Waals surface area contributed by atoms with E-state index in [0.717, 1.165) is 0 Å². The number of aliphatic hydroxyl groups excluding tert-OH is 1. The number of pyridine rings is 1. The van der Waals surface area contributed by atoms with Crippen molar-refractivity contribution in [3.8, 4) is 12.3 Å². The van der Waals surface area contributed by atoms with Crippen LogP contribution in [0.3, 0.4) is 0 Å². The lowest BCUT2D eigenvalue weighted by molar-refractivity contribution is 0.281. The summed E-state index contributed by atoms with van der Waals surface area (Å²) in [5, 5.41) is 8.83. The number of terminal acetylenes is 1. The second-order valence-corrected chi connectivity index (χ2v) is 5.59. The number of sulfonamides is 1. The molecule has 0 aliphatic carbocycles. The lowest BCUT2D eigenvalue weighted by Gasteiger charge is -2.18. The van der Waals surface area contributed by atoms with Crippen LogP contribution in [0.25, 0.3) is 0 Å². The van der Waals surface area contributed by atoms with Crippen LogP contribution in [0.1, 0.15) is 18.9 Å². The van der Waals surface area contributed by atoms with Crippen molar-refractivity contribution in [3.63, 3.8) is 0 Å². The molecule has 1 heterocycles. The predicted octanol–water partition coefficient (Wildman–Crippen LogP) is 0.608. The summed E-state index contributed by atoms with van der Waals surface area (Å²) in [5.74, 6) is 2.33. The number of rotatable bonds is 6. The molecule has 0 aliphatic heterocycles. The van der Waals surface area contributed by atoms with Crippen LogP contribution >= 0.6 is 0 Å². The van der Waals surface area contributed by atoms with Gasteiger partial charge in [0.15, 0.2) is 5.03 Å². The van der Waals surface area contributed by atoms with E-state index in [2.05, 4.69) is 10.9 Å². The van der Waals surface area contributed by atoms with E-state index in [1.54, 1.807) is 0 Å². The van der Waals surface area contributed by atoms with Crippen LogP contribution in [0.5, 0.6) is 0 Å². The molecule has 1 aromatic heterocycles. The molecule has 0 bridgehead atoms. The van der Waals surface area contributed by atoms with Crippen molar-refractivity contribution in [3.05, 3.63) is 23.9 Å². The molecule has 6 heteroatoms. The van der Waals surface area contributed by atoms with Gasteiger partial charge < -0.3 is 5.11 Å². The molecular formula is C12H16N2O3S. The number of hydrogen-bond acceptors (Lipinski definition) is 4. The van der Waals surface area contributed by atoms with Gasteiger partial charge in [-0.25, -0.2) is 13.4 Å². The molecule has 1 N–H and O–H groups in total.